The minimum atomic E-state index is -0.288. The zero-order chi connectivity index (χ0) is 10.7. The summed E-state index contributed by atoms with van der Waals surface area (Å²) in [6.45, 7) is 2.44. The number of anilines is 1. The molecule has 1 aliphatic rings. The summed E-state index contributed by atoms with van der Waals surface area (Å²) in [7, 11) is 0. The summed E-state index contributed by atoms with van der Waals surface area (Å²) in [6, 6.07) is 6.45. The molecule has 1 aromatic rings. The van der Waals surface area contributed by atoms with Gasteiger partial charge in [0.15, 0.2) is 0 Å². The highest BCUT2D eigenvalue weighted by molar-refractivity contribution is 5.55. The molecule has 0 unspecified atom stereocenters. The highest BCUT2D eigenvalue weighted by Crippen LogP contribution is 2.27. The number of fused-ring (bicyclic) bond motifs is 1. The number of hydrogen-bond donors (Lipinski definition) is 2. The molecule has 2 rings (SSSR count). The molecule has 15 heavy (non-hydrogen) atoms. The van der Waals surface area contributed by atoms with Gasteiger partial charge < -0.3 is 10.4 Å². The lowest BCUT2D eigenvalue weighted by Gasteiger charge is -2.20. The molecular weight excluding hydrogens is 186 g/mol. The highest BCUT2D eigenvalue weighted by Gasteiger charge is 2.12. The van der Waals surface area contributed by atoms with E-state index in [1.807, 2.05) is 6.92 Å². The van der Waals surface area contributed by atoms with Crippen LogP contribution in [0.2, 0.25) is 0 Å². The largest absolute Gasteiger partial charge is 0.392 e. The summed E-state index contributed by atoms with van der Waals surface area (Å²) in [5.74, 6) is 0. The Morgan fingerprint density at radius 3 is 2.93 bits per heavy atom. The van der Waals surface area contributed by atoms with Crippen molar-refractivity contribution in [3.05, 3.63) is 29.3 Å². The van der Waals surface area contributed by atoms with Gasteiger partial charge in [0.1, 0.15) is 0 Å². The van der Waals surface area contributed by atoms with Crippen LogP contribution in [0.4, 0.5) is 5.69 Å². The van der Waals surface area contributed by atoms with Gasteiger partial charge in [-0.15, -0.1) is 0 Å². The van der Waals surface area contributed by atoms with Gasteiger partial charge in [-0.3, -0.25) is 0 Å². The standard InChI is InChI=1S/C13H19NO/c1-10(15)9-14-13-8-4-6-11-5-2-3-7-12(11)13/h4,6,8,10,14-15H,2-3,5,7,9H2,1H3/t10-/m1/s1. The predicted molar refractivity (Wildman–Crippen MR) is 63.3 cm³/mol. The van der Waals surface area contributed by atoms with E-state index in [4.69, 9.17) is 0 Å². The first-order chi connectivity index (χ1) is 7.27. The smallest absolute Gasteiger partial charge is 0.0684 e. The van der Waals surface area contributed by atoms with Crippen LogP contribution < -0.4 is 5.32 Å². The van der Waals surface area contributed by atoms with Crippen molar-refractivity contribution in [1.82, 2.24) is 0 Å². The molecule has 0 saturated carbocycles. The van der Waals surface area contributed by atoms with Gasteiger partial charge in [0, 0.05) is 12.2 Å². The van der Waals surface area contributed by atoms with Crippen LogP contribution in [0.5, 0.6) is 0 Å². The summed E-state index contributed by atoms with van der Waals surface area (Å²) in [6.07, 6.45) is 4.70. The lowest BCUT2D eigenvalue weighted by atomic mass is 9.90. The van der Waals surface area contributed by atoms with E-state index in [2.05, 4.69) is 23.5 Å². The van der Waals surface area contributed by atoms with E-state index in [9.17, 15) is 5.11 Å². The van der Waals surface area contributed by atoms with Crippen LogP contribution in [0, 0.1) is 0 Å². The van der Waals surface area contributed by atoms with E-state index in [-0.39, 0.29) is 6.10 Å². The third kappa shape index (κ3) is 2.51. The molecule has 1 aliphatic carbocycles. The van der Waals surface area contributed by atoms with Gasteiger partial charge in [0.05, 0.1) is 6.10 Å². The lowest BCUT2D eigenvalue weighted by Crippen LogP contribution is -2.17. The fourth-order valence-electron chi connectivity index (χ4n) is 2.20. The van der Waals surface area contributed by atoms with Crippen molar-refractivity contribution in [2.24, 2.45) is 0 Å². The Hall–Kier alpha value is -1.02. The van der Waals surface area contributed by atoms with E-state index < -0.39 is 0 Å². The molecule has 82 valence electrons. The molecule has 2 nitrogen and oxygen atoms in total. The number of hydrogen-bond acceptors (Lipinski definition) is 2. The Kier molecular flexibility index (Phi) is 3.27. The van der Waals surface area contributed by atoms with E-state index in [1.54, 1.807) is 0 Å². The summed E-state index contributed by atoms with van der Waals surface area (Å²) in [5, 5.41) is 12.6. The van der Waals surface area contributed by atoms with Gasteiger partial charge in [-0.2, -0.15) is 0 Å². The van der Waals surface area contributed by atoms with Crippen molar-refractivity contribution < 1.29 is 5.11 Å². The van der Waals surface area contributed by atoms with Gasteiger partial charge in [0.2, 0.25) is 0 Å². The Morgan fingerprint density at radius 1 is 1.33 bits per heavy atom. The molecule has 0 aromatic heterocycles. The summed E-state index contributed by atoms with van der Waals surface area (Å²) >= 11 is 0. The van der Waals surface area contributed by atoms with Crippen LogP contribution >= 0.6 is 0 Å². The van der Waals surface area contributed by atoms with Gasteiger partial charge >= 0.3 is 0 Å². The van der Waals surface area contributed by atoms with E-state index in [1.165, 1.54) is 42.5 Å². The first-order valence-corrected chi connectivity index (χ1v) is 5.80. The van der Waals surface area contributed by atoms with Crippen LogP contribution in [-0.2, 0) is 12.8 Å². The summed E-state index contributed by atoms with van der Waals surface area (Å²) < 4.78 is 0. The van der Waals surface area contributed by atoms with Gasteiger partial charge in [-0.05, 0) is 49.8 Å². The zero-order valence-electron chi connectivity index (χ0n) is 9.29. The third-order valence-electron chi connectivity index (χ3n) is 2.98. The molecule has 0 bridgehead atoms. The molecule has 0 radical (unpaired) electrons. The maximum Gasteiger partial charge on any atom is 0.0684 e. The van der Waals surface area contributed by atoms with Crippen LogP contribution in [0.15, 0.2) is 18.2 Å². The molecule has 2 heteroatoms. The van der Waals surface area contributed by atoms with Crippen molar-refractivity contribution in [1.29, 1.82) is 0 Å². The van der Waals surface area contributed by atoms with Crippen LogP contribution in [0.25, 0.3) is 0 Å². The Morgan fingerprint density at radius 2 is 2.13 bits per heavy atom. The van der Waals surface area contributed by atoms with Crippen molar-refractivity contribution >= 4 is 5.69 Å². The Labute approximate surface area is 91.3 Å². The van der Waals surface area contributed by atoms with E-state index in [0.717, 1.165) is 0 Å². The number of aliphatic hydroxyl groups is 1. The fraction of sp³-hybridized carbons (Fsp3) is 0.538. The van der Waals surface area contributed by atoms with Crippen LogP contribution in [-0.4, -0.2) is 17.8 Å². The monoisotopic (exact) mass is 205 g/mol. The van der Waals surface area contributed by atoms with Crippen LogP contribution in [0.1, 0.15) is 30.9 Å². The minimum Gasteiger partial charge on any atom is -0.392 e. The summed E-state index contributed by atoms with van der Waals surface area (Å²) in [4.78, 5) is 0. The van der Waals surface area contributed by atoms with Crippen molar-refractivity contribution in [3.63, 3.8) is 0 Å². The molecular formula is C13H19NO. The minimum absolute atomic E-state index is 0.288. The second kappa shape index (κ2) is 4.67. The second-order valence-corrected chi connectivity index (χ2v) is 4.38. The Bertz CT molecular complexity index is 333. The van der Waals surface area contributed by atoms with E-state index >= 15 is 0 Å². The van der Waals surface area contributed by atoms with Gasteiger partial charge in [-0.25, -0.2) is 0 Å². The predicted octanol–water partition coefficient (Wildman–Crippen LogP) is 2.36. The molecule has 0 heterocycles. The molecule has 0 amide bonds. The number of benzene rings is 1. The van der Waals surface area contributed by atoms with Crippen molar-refractivity contribution in [2.45, 2.75) is 38.7 Å². The highest BCUT2D eigenvalue weighted by atomic mass is 16.3. The lowest BCUT2D eigenvalue weighted by molar-refractivity contribution is 0.208. The fourth-order valence-corrected chi connectivity index (χ4v) is 2.20. The average molecular weight is 205 g/mol. The molecule has 0 aliphatic heterocycles. The average Bonchev–Trinajstić information content (AvgIpc) is 2.26. The maximum atomic E-state index is 9.26. The quantitative estimate of drug-likeness (QED) is 0.794. The third-order valence-corrected chi connectivity index (χ3v) is 2.98. The molecule has 1 aromatic carbocycles. The van der Waals surface area contributed by atoms with E-state index in [0.29, 0.717) is 6.54 Å². The first kappa shape index (κ1) is 10.5. The van der Waals surface area contributed by atoms with Gasteiger partial charge in [-0.1, -0.05) is 12.1 Å². The van der Waals surface area contributed by atoms with Crippen molar-refractivity contribution in [3.8, 4) is 0 Å². The summed E-state index contributed by atoms with van der Waals surface area (Å²) in [5.41, 5.74) is 4.16. The number of rotatable bonds is 3. The maximum absolute atomic E-state index is 9.26. The second-order valence-electron chi connectivity index (χ2n) is 4.38. The Balaban J connectivity index is 2.16. The number of aryl methyl sites for hydroxylation is 1. The topological polar surface area (TPSA) is 32.3 Å². The molecule has 2 N–H and O–H groups in total. The van der Waals surface area contributed by atoms with Crippen LogP contribution in [0.3, 0.4) is 0 Å². The molecule has 0 saturated heterocycles. The van der Waals surface area contributed by atoms with Crippen molar-refractivity contribution in [2.75, 3.05) is 11.9 Å². The first-order valence-electron chi connectivity index (χ1n) is 5.80. The molecule has 0 fully saturated rings. The normalized spacial score (nSPS) is 16.9. The SMILES string of the molecule is C[C@@H](O)CNc1cccc2c1CCCC2. The molecule has 0 spiro atoms. The van der Waals surface area contributed by atoms with Gasteiger partial charge in [0.25, 0.3) is 0 Å². The zero-order valence-corrected chi connectivity index (χ0v) is 9.29. The number of nitrogens with one attached hydrogen (secondary N) is 1. The molecule has 1 atom stereocenters. The number of aliphatic hydroxyl groups excluding tert-OH is 1.